The summed E-state index contributed by atoms with van der Waals surface area (Å²) in [5, 5.41) is 0. The van der Waals surface area contributed by atoms with Crippen molar-refractivity contribution in [1.29, 1.82) is 0 Å². The largest absolute Gasteiger partial charge is 0.295 e. The van der Waals surface area contributed by atoms with Gasteiger partial charge < -0.3 is 0 Å². The van der Waals surface area contributed by atoms with Crippen molar-refractivity contribution in [2.75, 3.05) is 7.05 Å². The molecule has 0 aliphatic heterocycles. The van der Waals surface area contributed by atoms with Crippen molar-refractivity contribution in [2.45, 2.75) is 4.90 Å². The van der Waals surface area contributed by atoms with Crippen LogP contribution in [0.4, 0.5) is 0 Å². The molecule has 0 unspecified atom stereocenters. The van der Waals surface area contributed by atoms with E-state index in [0.717, 1.165) is 4.80 Å². The number of nitrogens with zero attached hydrogens (tertiary/aromatic N) is 3. The third-order valence-corrected chi connectivity index (χ3v) is 5.94. The van der Waals surface area contributed by atoms with Crippen molar-refractivity contribution in [3.8, 4) is 0 Å². The molecule has 5 nitrogen and oxygen atoms in total. The van der Waals surface area contributed by atoms with Crippen LogP contribution < -0.4 is 9.60 Å². The summed E-state index contributed by atoms with van der Waals surface area (Å²) in [6, 6.07) is 8.17. The van der Waals surface area contributed by atoms with Crippen LogP contribution in [0.5, 0.6) is 0 Å². The van der Waals surface area contributed by atoms with Gasteiger partial charge in [0.05, 0.1) is 4.90 Å². The Morgan fingerprint density at radius 2 is 1.72 bits per heavy atom. The highest BCUT2D eigenvalue weighted by molar-refractivity contribution is 7.90. The highest BCUT2D eigenvalue weighted by Gasteiger charge is 2.12. The summed E-state index contributed by atoms with van der Waals surface area (Å²) in [6.07, 6.45) is 0. The minimum atomic E-state index is -3.65. The van der Waals surface area contributed by atoms with Gasteiger partial charge in [0.2, 0.25) is 4.80 Å². The Labute approximate surface area is 112 Å². The van der Waals surface area contributed by atoms with E-state index in [2.05, 4.69) is 9.39 Å². The van der Waals surface area contributed by atoms with Crippen LogP contribution in [-0.2, 0) is 17.1 Å². The summed E-state index contributed by atoms with van der Waals surface area (Å²) in [6.45, 7) is 0. The SMILES string of the molecule is CN=c1ss/c(=N/S(=O)(=O)c2ccccc2)n1C. The van der Waals surface area contributed by atoms with Gasteiger partial charge in [-0.25, -0.2) is 0 Å². The first-order chi connectivity index (χ1) is 8.54. The first-order valence-corrected chi connectivity index (χ1v) is 8.58. The first-order valence-electron chi connectivity index (χ1n) is 4.99. The lowest BCUT2D eigenvalue weighted by molar-refractivity contribution is 0.596. The van der Waals surface area contributed by atoms with Crippen molar-refractivity contribution < 1.29 is 8.42 Å². The fourth-order valence-corrected chi connectivity index (χ4v) is 4.92. The number of rotatable bonds is 2. The Morgan fingerprint density at radius 1 is 1.11 bits per heavy atom. The van der Waals surface area contributed by atoms with Crippen LogP contribution >= 0.6 is 20.7 Å². The Morgan fingerprint density at radius 3 is 2.28 bits per heavy atom. The molecule has 0 atom stereocenters. The summed E-state index contributed by atoms with van der Waals surface area (Å²) in [7, 11) is 2.43. The van der Waals surface area contributed by atoms with Crippen LogP contribution in [0.15, 0.2) is 44.6 Å². The van der Waals surface area contributed by atoms with Gasteiger partial charge in [-0.05, 0) is 32.8 Å². The van der Waals surface area contributed by atoms with Gasteiger partial charge >= 0.3 is 0 Å². The molecule has 2 rings (SSSR count). The molecule has 0 bridgehead atoms. The van der Waals surface area contributed by atoms with Crippen molar-refractivity contribution >= 4 is 30.7 Å². The molecular weight excluding hydrogens is 290 g/mol. The Hall–Kier alpha value is -1.25. The molecule has 0 aliphatic rings. The molecule has 0 radical (unpaired) electrons. The molecule has 0 saturated heterocycles. The maximum Gasteiger partial charge on any atom is 0.285 e. The number of hydrogen-bond acceptors (Lipinski definition) is 5. The third kappa shape index (κ3) is 2.60. The average molecular weight is 301 g/mol. The molecule has 1 aromatic carbocycles. The maximum atomic E-state index is 12.1. The summed E-state index contributed by atoms with van der Waals surface area (Å²) in [4.78, 5) is 5.38. The molecule has 96 valence electrons. The van der Waals surface area contributed by atoms with Gasteiger partial charge in [-0.1, -0.05) is 18.2 Å². The number of aromatic nitrogens is 1. The van der Waals surface area contributed by atoms with E-state index in [1.54, 1.807) is 36.9 Å². The molecule has 0 N–H and O–H groups in total. The Balaban J connectivity index is 2.61. The van der Waals surface area contributed by atoms with E-state index in [1.807, 2.05) is 0 Å². The van der Waals surface area contributed by atoms with Crippen LogP contribution in [0.3, 0.4) is 0 Å². The second-order valence-corrected chi connectivity index (χ2v) is 7.06. The molecule has 0 spiro atoms. The van der Waals surface area contributed by atoms with E-state index in [1.165, 1.54) is 32.8 Å². The van der Waals surface area contributed by atoms with Gasteiger partial charge in [0.25, 0.3) is 10.0 Å². The minimum absolute atomic E-state index is 0.193. The van der Waals surface area contributed by atoms with Gasteiger partial charge in [-0.2, -0.15) is 8.42 Å². The molecule has 0 amide bonds. The number of sulfonamides is 1. The van der Waals surface area contributed by atoms with Gasteiger partial charge in [-0.15, -0.1) is 4.40 Å². The predicted molar refractivity (Wildman–Crippen MR) is 71.8 cm³/mol. The molecular formula is C10H11N3O2S3. The van der Waals surface area contributed by atoms with Crippen molar-refractivity contribution in [2.24, 2.45) is 16.4 Å². The summed E-state index contributed by atoms with van der Waals surface area (Å²) >= 11 is 0. The van der Waals surface area contributed by atoms with Crippen LogP contribution in [-0.4, -0.2) is 20.0 Å². The van der Waals surface area contributed by atoms with Crippen LogP contribution in [0.2, 0.25) is 0 Å². The lowest BCUT2D eigenvalue weighted by Crippen LogP contribution is -2.23. The van der Waals surface area contributed by atoms with Gasteiger partial charge in [0, 0.05) is 14.1 Å². The maximum absolute atomic E-state index is 12.1. The fraction of sp³-hybridized carbons (Fsp3) is 0.200. The number of hydrogen-bond donors (Lipinski definition) is 0. The van der Waals surface area contributed by atoms with Crippen LogP contribution in [0, 0.1) is 0 Å². The monoisotopic (exact) mass is 301 g/mol. The fourth-order valence-electron chi connectivity index (χ4n) is 1.28. The third-order valence-electron chi connectivity index (χ3n) is 2.20. The van der Waals surface area contributed by atoms with Crippen molar-refractivity contribution in [1.82, 2.24) is 4.57 Å². The van der Waals surface area contributed by atoms with Crippen LogP contribution in [0.1, 0.15) is 0 Å². The van der Waals surface area contributed by atoms with Crippen molar-refractivity contribution in [3.63, 3.8) is 0 Å². The highest BCUT2D eigenvalue weighted by atomic mass is 32.9. The second-order valence-electron chi connectivity index (χ2n) is 3.39. The zero-order valence-corrected chi connectivity index (χ0v) is 12.2. The predicted octanol–water partition coefficient (Wildman–Crippen LogP) is 0.968. The topological polar surface area (TPSA) is 63.8 Å². The second kappa shape index (κ2) is 5.17. The standard InChI is InChI=1S/C10H11N3O2S3/c1-11-9-13(2)10(17-16-9)12-18(14,15)8-6-4-3-5-7-8/h3-7H,1-2H3/b11-9?,12-10+. The normalized spacial score (nSPS) is 14.1. The van der Waals surface area contributed by atoms with E-state index in [-0.39, 0.29) is 4.90 Å². The molecule has 0 fully saturated rings. The van der Waals surface area contributed by atoms with E-state index < -0.39 is 10.0 Å². The zero-order valence-electron chi connectivity index (χ0n) is 9.77. The molecule has 0 saturated carbocycles. The molecule has 1 aromatic heterocycles. The number of benzene rings is 1. The summed E-state index contributed by atoms with van der Waals surface area (Å²) in [5.41, 5.74) is 0. The molecule has 18 heavy (non-hydrogen) atoms. The molecule has 1 heterocycles. The minimum Gasteiger partial charge on any atom is -0.295 e. The van der Waals surface area contributed by atoms with E-state index >= 15 is 0 Å². The lowest BCUT2D eigenvalue weighted by atomic mass is 10.4. The van der Waals surface area contributed by atoms with Gasteiger partial charge in [0.15, 0.2) is 4.80 Å². The molecule has 2 aromatic rings. The van der Waals surface area contributed by atoms with Gasteiger partial charge in [-0.3, -0.25) is 9.56 Å². The summed E-state index contributed by atoms with van der Waals surface area (Å²) < 4.78 is 29.6. The van der Waals surface area contributed by atoms with Gasteiger partial charge in [0.1, 0.15) is 0 Å². The smallest absolute Gasteiger partial charge is 0.285 e. The highest BCUT2D eigenvalue weighted by Crippen LogP contribution is 2.10. The van der Waals surface area contributed by atoms with Crippen molar-refractivity contribution in [3.05, 3.63) is 39.9 Å². The van der Waals surface area contributed by atoms with E-state index in [9.17, 15) is 8.42 Å². The lowest BCUT2D eigenvalue weighted by Gasteiger charge is -1.96. The van der Waals surface area contributed by atoms with Crippen LogP contribution in [0.25, 0.3) is 0 Å². The first kappa shape index (κ1) is 13.2. The summed E-state index contributed by atoms with van der Waals surface area (Å²) in [5.74, 6) is 0. The molecule has 0 aliphatic carbocycles. The van der Waals surface area contributed by atoms with E-state index in [4.69, 9.17) is 0 Å². The van der Waals surface area contributed by atoms with E-state index in [0.29, 0.717) is 4.80 Å². The average Bonchev–Trinajstić information content (AvgIpc) is 2.71. The Bertz CT molecular complexity index is 766. The quantitative estimate of drug-likeness (QED) is 0.776. The molecule has 8 heteroatoms. The zero-order chi connectivity index (χ0) is 13.2. The Kier molecular flexibility index (Phi) is 3.79.